The first-order valence-electron chi connectivity index (χ1n) is 8.47. The summed E-state index contributed by atoms with van der Waals surface area (Å²) in [4.78, 5) is 12.1. The summed E-state index contributed by atoms with van der Waals surface area (Å²) in [6, 6.07) is 0.861. The number of amidine groups is 2. The topological polar surface area (TPSA) is 40.0 Å². The number of nitrogens with zero attached hydrogens (tertiary/aromatic N) is 3. The minimum Gasteiger partial charge on any atom is -0.360 e. The van der Waals surface area contributed by atoms with Crippen molar-refractivity contribution in [1.29, 1.82) is 0 Å². The molecule has 3 aliphatic heterocycles. The SMILES string of the molecule is CC(C)[C@H]1N=C(SCC2=CSC3=NC(C)(C)CN23)N[C@@H]1C(C)C. The molecular formula is C17H28N4S2. The normalized spacial score (nSPS) is 28.9. The highest BCUT2D eigenvalue weighted by Gasteiger charge is 2.37. The minimum absolute atomic E-state index is 0.0428. The summed E-state index contributed by atoms with van der Waals surface area (Å²) in [6.07, 6.45) is 0. The van der Waals surface area contributed by atoms with Gasteiger partial charge in [0.2, 0.25) is 0 Å². The van der Waals surface area contributed by atoms with Crippen LogP contribution >= 0.6 is 23.5 Å². The first-order valence-corrected chi connectivity index (χ1v) is 10.3. The second-order valence-electron chi connectivity index (χ2n) is 7.89. The van der Waals surface area contributed by atoms with Gasteiger partial charge in [-0.3, -0.25) is 9.98 Å². The van der Waals surface area contributed by atoms with Gasteiger partial charge in [-0.15, -0.1) is 0 Å². The molecule has 2 atom stereocenters. The van der Waals surface area contributed by atoms with Crippen LogP contribution in [-0.4, -0.2) is 45.2 Å². The van der Waals surface area contributed by atoms with Crippen LogP contribution < -0.4 is 5.32 Å². The van der Waals surface area contributed by atoms with Gasteiger partial charge in [0.1, 0.15) is 0 Å². The lowest BCUT2D eigenvalue weighted by Gasteiger charge is -2.24. The van der Waals surface area contributed by atoms with E-state index in [1.54, 1.807) is 11.8 Å². The Morgan fingerprint density at radius 1 is 1.35 bits per heavy atom. The van der Waals surface area contributed by atoms with Crippen molar-refractivity contribution in [3.63, 3.8) is 0 Å². The summed E-state index contributed by atoms with van der Waals surface area (Å²) in [5.41, 5.74) is 1.41. The number of thioether (sulfide) groups is 2. The van der Waals surface area contributed by atoms with E-state index in [2.05, 4.69) is 57.2 Å². The molecule has 0 radical (unpaired) electrons. The largest absolute Gasteiger partial charge is 0.360 e. The lowest BCUT2D eigenvalue weighted by atomic mass is 9.90. The van der Waals surface area contributed by atoms with E-state index in [1.165, 1.54) is 5.70 Å². The molecule has 3 rings (SSSR count). The maximum Gasteiger partial charge on any atom is 0.168 e. The quantitative estimate of drug-likeness (QED) is 0.836. The maximum absolute atomic E-state index is 4.95. The Balaban J connectivity index is 1.60. The van der Waals surface area contributed by atoms with Gasteiger partial charge < -0.3 is 10.2 Å². The Kier molecular flexibility index (Phi) is 4.76. The fourth-order valence-corrected chi connectivity index (χ4v) is 5.35. The molecule has 4 nitrogen and oxygen atoms in total. The average Bonchev–Trinajstić information content (AvgIpc) is 3.08. The molecule has 0 aliphatic carbocycles. The molecule has 0 spiro atoms. The molecule has 0 amide bonds. The third-order valence-electron chi connectivity index (χ3n) is 4.50. The Morgan fingerprint density at radius 2 is 2.09 bits per heavy atom. The highest BCUT2D eigenvalue weighted by atomic mass is 32.2. The minimum atomic E-state index is 0.0428. The first kappa shape index (κ1) is 17.2. The predicted octanol–water partition coefficient (Wildman–Crippen LogP) is 3.77. The van der Waals surface area contributed by atoms with Crippen LogP contribution in [0.2, 0.25) is 0 Å². The number of nitrogens with one attached hydrogen (secondary N) is 1. The zero-order valence-electron chi connectivity index (χ0n) is 15.0. The Morgan fingerprint density at radius 3 is 2.70 bits per heavy atom. The molecule has 0 fully saturated rings. The van der Waals surface area contributed by atoms with Crippen LogP contribution in [0.3, 0.4) is 0 Å². The fourth-order valence-electron chi connectivity index (χ4n) is 3.25. The van der Waals surface area contributed by atoms with Gasteiger partial charge in [-0.1, -0.05) is 51.2 Å². The summed E-state index contributed by atoms with van der Waals surface area (Å²) in [6.45, 7) is 14.5. The van der Waals surface area contributed by atoms with E-state index < -0.39 is 0 Å². The second kappa shape index (κ2) is 6.36. The zero-order chi connectivity index (χ0) is 16.8. The highest BCUT2D eigenvalue weighted by molar-refractivity contribution is 8.17. The molecule has 0 aromatic rings. The van der Waals surface area contributed by atoms with Gasteiger partial charge in [-0.25, -0.2) is 0 Å². The third kappa shape index (κ3) is 3.58. The van der Waals surface area contributed by atoms with Crippen LogP contribution in [0.1, 0.15) is 41.5 Å². The highest BCUT2D eigenvalue weighted by Crippen LogP contribution is 2.37. The van der Waals surface area contributed by atoms with Gasteiger partial charge in [0.15, 0.2) is 10.3 Å². The molecule has 0 aromatic heterocycles. The van der Waals surface area contributed by atoms with Crippen LogP contribution in [0, 0.1) is 11.8 Å². The lowest BCUT2D eigenvalue weighted by Crippen LogP contribution is -2.40. The predicted molar refractivity (Wildman–Crippen MR) is 104 cm³/mol. The molecular weight excluding hydrogens is 324 g/mol. The number of rotatable bonds is 4. The number of hydrogen-bond acceptors (Lipinski definition) is 6. The molecule has 3 aliphatic rings. The Bertz CT molecular complexity index is 563. The van der Waals surface area contributed by atoms with Crippen molar-refractivity contribution in [3.05, 3.63) is 11.1 Å². The molecule has 0 saturated heterocycles. The van der Waals surface area contributed by atoms with Crippen LogP contribution in [0.5, 0.6) is 0 Å². The van der Waals surface area contributed by atoms with Gasteiger partial charge in [-0.05, 0) is 31.1 Å². The van der Waals surface area contributed by atoms with Gasteiger partial charge in [-0.2, -0.15) is 0 Å². The van der Waals surface area contributed by atoms with E-state index in [0.717, 1.165) is 22.6 Å². The van der Waals surface area contributed by atoms with Crippen LogP contribution in [0.4, 0.5) is 0 Å². The zero-order valence-corrected chi connectivity index (χ0v) is 16.6. The van der Waals surface area contributed by atoms with Gasteiger partial charge in [0.25, 0.3) is 0 Å². The van der Waals surface area contributed by atoms with E-state index in [4.69, 9.17) is 9.98 Å². The van der Waals surface area contributed by atoms with Crippen molar-refractivity contribution >= 4 is 33.9 Å². The third-order valence-corrected chi connectivity index (χ3v) is 6.35. The monoisotopic (exact) mass is 352 g/mol. The smallest absolute Gasteiger partial charge is 0.168 e. The van der Waals surface area contributed by atoms with Crippen LogP contribution in [-0.2, 0) is 0 Å². The molecule has 0 aromatic carbocycles. The number of hydrogen-bond donors (Lipinski definition) is 1. The molecule has 0 bridgehead atoms. The van der Waals surface area contributed by atoms with Gasteiger partial charge >= 0.3 is 0 Å². The summed E-state index contributed by atoms with van der Waals surface area (Å²) in [5.74, 6) is 2.14. The van der Waals surface area contributed by atoms with E-state index in [1.807, 2.05) is 11.8 Å². The molecule has 0 saturated carbocycles. The van der Waals surface area contributed by atoms with Crippen LogP contribution in [0.25, 0.3) is 0 Å². The van der Waals surface area contributed by atoms with Crippen LogP contribution in [0.15, 0.2) is 21.1 Å². The number of aliphatic imine (C=N–C) groups is 2. The van der Waals surface area contributed by atoms with Crippen molar-refractivity contribution in [2.45, 2.75) is 59.2 Å². The molecule has 3 heterocycles. The Hall–Kier alpha value is -0.620. The van der Waals surface area contributed by atoms with Crippen molar-refractivity contribution in [3.8, 4) is 0 Å². The van der Waals surface area contributed by atoms with Gasteiger partial charge in [0, 0.05) is 18.0 Å². The lowest BCUT2D eigenvalue weighted by molar-refractivity contribution is 0.348. The number of fused-ring (bicyclic) bond motifs is 1. The molecule has 23 heavy (non-hydrogen) atoms. The summed E-state index contributed by atoms with van der Waals surface area (Å²) < 4.78 is 0. The fraction of sp³-hybridized carbons (Fsp3) is 0.765. The molecule has 128 valence electrons. The average molecular weight is 353 g/mol. The van der Waals surface area contributed by atoms with E-state index in [9.17, 15) is 0 Å². The molecule has 0 unspecified atom stereocenters. The van der Waals surface area contributed by atoms with E-state index in [0.29, 0.717) is 23.9 Å². The second-order valence-corrected chi connectivity index (χ2v) is 9.69. The van der Waals surface area contributed by atoms with E-state index in [-0.39, 0.29) is 5.54 Å². The summed E-state index contributed by atoms with van der Waals surface area (Å²) in [7, 11) is 0. The van der Waals surface area contributed by atoms with Crippen molar-refractivity contribution in [2.24, 2.45) is 21.8 Å². The molecule has 1 N–H and O–H groups in total. The van der Waals surface area contributed by atoms with Crippen molar-refractivity contribution in [2.75, 3.05) is 12.3 Å². The summed E-state index contributed by atoms with van der Waals surface area (Å²) in [5, 5.41) is 8.17. The van der Waals surface area contributed by atoms with Crippen molar-refractivity contribution < 1.29 is 0 Å². The maximum atomic E-state index is 4.95. The first-order chi connectivity index (χ1) is 10.8. The summed E-state index contributed by atoms with van der Waals surface area (Å²) >= 11 is 3.59. The van der Waals surface area contributed by atoms with Crippen molar-refractivity contribution in [1.82, 2.24) is 10.2 Å². The van der Waals surface area contributed by atoms with Gasteiger partial charge in [0.05, 0.1) is 17.6 Å². The Labute approximate surface area is 148 Å². The standard InChI is InChI=1S/C17H28N4S2/c1-10(2)13-14(11(3)4)19-15(18-13)22-7-12-8-23-16-20-17(5,6)9-21(12)16/h8,10-11,13-14H,7,9H2,1-6H3,(H,18,19)/t13-,14-/m1/s1. The molecule has 6 heteroatoms. The van der Waals surface area contributed by atoms with E-state index >= 15 is 0 Å².